The lowest BCUT2D eigenvalue weighted by molar-refractivity contribution is 0.749. The number of aromatic nitrogens is 4. The Morgan fingerprint density at radius 3 is 3.00 bits per heavy atom. The third kappa shape index (κ3) is 1.41. The predicted octanol–water partition coefficient (Wildman–Crippen LogP) is 0.679. The normalized spacial score (nSPS) is 11.0. The van der Waals surface area contributed by atoms with Gasteiger partial charge in [0.15, 0.2) is 5.65 Å². The van der Waals surface area contributed by atoms with E-state index in [0.29, 0.717) is 5.65 Å². The van der Waals surface area contributed by atoms with Gasteiger partial charge in [-0.25, -0.2) is 19.4 Å². The second-order valence-electron chi connectivity index (χ2n) is 3.29. The lowest BCUT2D eigenvalue weighted by Gasteiger charge is -2.02. The predicted molar refractivity (Wildman–Crippen MR) is 52.3 cm³/mol. The molecular formula is C9H12N4O. The van der Waals surface area contributed by atoms with Crippen molar-refractivity contribution in [3.63, 3.8) is 0 Å². The summed E-state index contributed by atoms with van der Waals surface area (Å²) in [6, 6.07) is 1.79. The van der Waals surface area contributed by atoms with Gasteiger partial charge in [-0.3, -0.25) is 0 Å². The first-order valence-corrected chi connectivity index (χ1v) is 4.66. The SMILES string of the molecule is CCCc1nc(C)cc2nc(=O)[nH]n12. The monoisotopic (exact) mass is 192 g/mol. The van der Waals surface area contributed by atoms with Gasteiger partial charge in [0.2, 0.25) is 0 Å². The first kappa shape index (κ1) is 8.93. The summed E-state index contributed by atoms with van der Waals surface area (Å²) >= 11 is 0. The van der Waals surface area contributed by atoms with Crippen molar-refractivity contribution in [3.05, 3.63) is 28.1 Å². The summed E-state index contributed by atoms with van der Waals surface area (Å²) in [5, 5.41) is 2.63. The molecule has 0 unspecified atom stereocenters. The van der Waals surface area contributed by atoms with Gasteiger partial charge in [0.1, 0.15) is 5.82 Å². The van der Waals surface area contributed by atoms with Crippen LogP contribution in [0.3, 0.4) is 0 Å². The van der Waals surface area contributed by atoms with E-state index in [0.717, 1.165) is 24.4 Å². The van der Waals surface area contributed by atoms with Gasteiger partial charge in [0.25, 0.3) is 0 Å². The van der Waals surface area contributed by atoms with Gasteiger partial charge in [-0.1, -0.05) is 6.92 Å². The van der Waals surface area contributed by atoms with Crippen molar-refractivity contribution in [3.8, 4) is 0 Å². The standard InChI is InChI=1S/C9H12N4O/c1-3-4-7-10-6(2)5-8-11-9(14)12-13(7)8/h5H,3-4H2,1-2H3,(H,12,14). The summed E-state index contributed by atoms with van der Waals surface area (Å²) in [4.78, 5) is 19.2. The molecule has 0 aliphatic heterocycles. The Labute approximate surface area is 80.8 Å². The molecule has 5 nitrogen and oxygen atoms in total. The minimum Gasteiger partial charge on any atom is -0.244 e. The molecule has 14 heavy (non-hydrogen) atoms. The van der Waals surface area contributed by atoms with Gasteiger partial charge in [0.05, 0.1) is 0 Å². The summed E-state index contributed by atoms with van der Waals surface area (Å²) in [5.74, 6) is 0.858. The maximum atomic E-state index is 11.0. The van der Waals surface area contributed by atoms with Crippen LogP contribution < -0.4 is 5.69 Å². The average Bonchev–Trinajstić information content (AvgIpc) is 2.45. The zero-order valence-electron chi connectivity index (χ0n) is 8.24. The topological polar surface area (TPSA) is 63.0 Å². The number of hydrogen-bond donors (Lipinski definition) is 1. The molecule has 0 saturated carbocycles. The highest BCUT2D eigenvalue weighted by Crippen LogP contribution is 2.04. The molecule has 2 aromatic heterocycles. The molecule has 0 bridgehead atoms. The molecule has 0 radical (unpaired) electrons. The molecule has 0 aliphatic rings. The zero-order chi connectivity index (χ0) is 10.1. The van der Waals surface area contributed by atoms with Crippen molar-refractivity contribution >= 4 is 5.65 Å². The Hall–Kier alpha value is -1.65. The van der Waals surface area contributed by atoms with E-state index in [1.165, 1.54) is 0 Å². The van der Waals surface area contributed by atoms with Crippen molar-refractivity contribution in [1.29, 1.82) is 0 Å². The van der Waals surface area contributed by atoms with Crippen LogP contribution in [0.1, 0.15) is 24.9 Å². The Kier molecular flexibility index (Phi) is 2.07. The fourth-order valence-electron chi connectivity index (χ4n) is 1.49. The number of H-pyrrole nitrogens is 1. The van der Waals surface area contributed by atoms with Crippen molar-refractivity contribution in [2.45, 2.75) is 26.7 Å². The first-order valence-electron chi connectivity index (χ1n) is 4.66. The summed E-state index contributed by atoms with van der Waals surface area (Å²) in [6.45, 7) is 3.98. The molecule has 74 valence electrons. The summed E-state index contributed by atoms with van der Waals surface area (Å²) in [5.41, 5.74) is 1.21. The largest absolute Gasteiger partial charge is 0.362 e. The van der Waals surface area contributed by atoms with Crippen molar-refractivity contribution in [1.82, 2.24) is 19.6 Å². The lowest BCUT2D eigenvalue weighted by atomic mass is 10.3. The Bertz CT molecular complexity index is 511. The minimum absolute atomic E-state index is 0.324. The third-order valence-corrected chi connectivity index (χ3v) is 2.03. The van der Waals surface area contributed by atoms with E-state index in [1.807, 2.05) is 6.92 Å². The van der Waals surface area contributed by atoms with Crippen molar-refractivity contribution < 1.29 is 0 Å². The molecule has 5 heteroatoms. The van der Waals surface area contributed by atoms with Gasteiger partial charge >= 0.3 is 5.69 Å². The van der Waals surface area contributed by atoms with Crippen LogP contribution in [0, 0.1) is 6.92 Å². The van der Waals surface area contributed by atoms with Crippen molar-refractivity contribution in [2.75, 3.05) is 0 Å². The number of rotatable bonds is 2. The van der Waals surface area contributed by atoms with E-state index >= 15 is 0 Å². The number of hydrogen-bond acceptors (Lipinski definition) is 3. The highest BCUT2D eigenvalue weighted by atomic mass is 16.1. The molecule has 0 aromatic carbocycles. The minimum atomic E-state index is -0.324. The van der Waals surface area contributed by atoms with Gasteiger partial charge in [0, 0.05) is 18.2 Å². The molecule has 2 aromatic rings. The van der Waals surface area contributed by atoms with Crippen LogP contribution in [-0.2, 0) is 6.42 Å². The van der Waals surface area contributed by atoms with E-state index in [1.54, 1.807) is 10.6 Å². The van der Waals surface area contributed by atoms with Crippen LogP contribution in [0.2, 0.25) is 0 Å². The molecule has 2 heterocycles. The summed E-state index contributed by atoms with van der Waals surface area (Å²) < 4.78 is 1.65. The van der Waals surface area contributed by atoms with Crippen LogP contribution in [0.5, 0.6) is 0 Å². The fraction of sp³-hybridized carbons (Fsp3) is 0.444. The smallest absolute Gasteiger partial charge is 0.244 e. The van der Waals surface area contributed by atoms with Crippen LogP contribution in [0.25, 0.3) is 5.65 Å². The molecule has 2 rings (SSSR count). The van der Waals surface area contributed by atoms with E-state index < -0.39 is 0 Å². The molecule has 1 N–H and O–H groups in total. The number of fused-ring (bicyclic) bond motifs is 1. The number of nitrogens with zero attached hydrogens (tertiary/aromatic N) is 3. The second-order valence-corrected chi connectivity index (χ2v) is 3.29. The van der Waals surface area contributed by atoms with Gasteiger partial charge in [-0.15, -0.1) is 0 Å². The van der Waals surface area contributed by atoms with E-state index in [4.69, 9.17) is 0 Å². The Morgan fingerprint density at radius 1 is 1.50 bits per heavy atom. The van der Waals surface area contributed by atoms with Gasteiger partial charge in [-0.2, -0.15) is 4.98 Å². The first-order chi connectivity index (χ1) is 6.70. The van der Waals surface area contributed by atoms with Gasteiger partial charge in [-0.05, 0) is 13.3 Å². The number of aromatic amines is 1. The Morgan fingerprint density at radius 2 is 2.29 bits per heavy atom. The highest BCUT2D eigenvalue weighted by Gasteiger charge is 2.05. The second kappa shape index (κ2) is 3.25. The fourth-order valence-corrected chi connectivity index (χ4v) is 1.49. The maximum absolute atomic E-state index is 11.0. The van der Waals surface area contributed by atoms with Crippen LogP contribution >= 0.6 is 0 Å². The maximum Gasteiger partial charge on any atom is 0.362 e. The molecule has 0 fully saturated rings. The zero-order valence-corrected chi connectivity index (χ0v) is 8.24. The molecule has 0 atom stereocenters. The molecule has 0 amide bonds. The summed E-state index contributed by atoms with van der Waals surface area (Å²) in [7, 11) is 0. The molecule has 0 spiro atoms. The Balaban J connectivity index is 2.72. The van der Waals surface area contributed by atoms with Crippen molar-refractivity contribution in [2.24, 2.45) is 0 Å². The third-order valence-electron chi connectivity index (χ3n) is 2.03. The van der Waals surface area contributed by atoms with E-state index in [-0.39, 0.29) is 5.69 Å². The quantitative estimate of drug-likeness (QED) is 0.761. The molecular weight excluding hydrogens is 180 g/mol. The van der Waals surface area contributed by atoms with E-state index in [2.05, 4.69) is 22.0 Å². The number of nitrogens with one attached hydrogen (secondary N) is 1. The highest BCUT2D eigenvalue weighted by molar-refractivity contribution is 5.37. The van der Waals surface area contributed by atoms with Gasteiger partial charge < -0.3 is 0 Å². The number of aryl methyl sites for hydroxylation is 2. The summed E-state index contributed by atoms with van der Waals surface area (Å²) in [6.07, 6.45) is 1.83. The lowest BCUT2D eigenvalue weighted by Crippen LogP contribution is -2.06. The van der Waals surface area contributed by atoms with Crippen LogP contribution in [0.4, 0.5) is 0 Å². The van der Waals surface area contributed by atoms with Crippen LogP contribution in [-0.4, -0.2) is 19.6 Å². The van der Waals surface area contributed by atoms with E-state index in [9.17, 15) is 4.79 Å². The molecule has 0 saturated heterocycles. The molecule has 0 aliphatic carbocycles. The van der Waals surface area contributed by atoms with Crippen LogP contribution in [0.15, 0.2) is 10.9 Å². The average molecular weight is 192 g/mol.